The zero-order chi connectivity index (χ0) is 23.1. The van der Waals surface area contributed by atoms with E-state index in [4.69, 9.17) is 0 Å². The fourth-order valence-corrected chi connectivity index (χ4v) is 6.54. The Labute approximate surface area is 193 Å². The second kappa shape index (κ2) is 8.54. The Morgan fingerprint density at radius 1 is 0.970 bits per heavy atom. The molecule has 33 heavy (non-hydrogen) atoms. The second-order valence-corrected chi connectivity index (χ2v) is 10.0. The van der Waals surface area contributed by atoms with Crippen molar-refractivity contribution in [3.05, 3.63) is 71.3 Å². The van der Waals surface area contributed by atoms with Crippen molar-refractivity contribution in [1.29, 1.82) is 0 Å². The predicted octanol–water partition coefficient (Wildman–Crippen LogP) is 4.69. The van der Waals surface area contributed by atoms with E-state index in [1.165, 1.54) is 12.1 Å². The van der Waals surface area contributed by atoms with Gasteiger partial charge in [0.25, 0.3) is 0 Å². The lowest BCUT2D eigenvalue weighted by Gasteiger charge is -2.50. The maximum absolute atomic E-state index is 14.8. The van der Waals surface area contributed by atoms with Crippen LogP contribution >= 0.6 is 0 Å². The fraction of sp³-hybridized carbons (Fsp3) is 0.481. The van der Waals surface area contributed by atoms with Crippen LogP contribution in [0.3, 0.4) is 0 Å². The molecule has 1 atom stereocenters. The highest BCUT2D eigenvalue weighted by Crippen LogP contribution is 2.50. The number of carbonyl (C=O) groups is 2. The van der Waals surface area contributed by atoms with E-state index >= 15 is 0 Å². The van der Waals surface area contributed by atoms with Gasteiger partial charge in [-0.3, -0.25) is 9.59 Å². The summed E-state index contributed by atoms with van der Waals surface area (Å²) in [6.07, 6.45) is 4.92. The van der Waals surface area contributed by atoms with Crippen LogP contribution < -0.4 is 5.32 Å². The molecule has 0 bridgehead atoms. The van der Waals surface area contributed by atoms with Crippen molar-refractivity contribution in [2.24, 2.45) is 5.41 Å². The van der Waals surface area contributed by atoms with Crippen LogP contribution in [0.5, 0.6) is 0 Å². The highest BCUT2D eigenvalue weighted by atomic mass is 19.1. The third-order valence-electron chi connectivity index (χ3n) is 8.31. The molecule has 1 N–H and O–H groups in total. The summed E-state index contributed by atoms with van der Waals surface area (Å²) < 4.78 is 28.7. The summed E-state index contributed by atoms with van der Waals surface area (Å²) in [5, 5.41) is 2.95. The van der Waals surface area contributed by atoms with Crippen molar-refractivity contribution in [2.45, 2.75) is 56.3 Å². The molecule has 2 amide bonds. The smallest absolute Gasteiger partial charge is 0.233 e. The van der Waals surface area contributed by atoms with Crippen molar-refractivity contribution in [3.8, 4) is 0 Å². The first-order chi connectivity index (χ1) is 15.9. The number of likely N-dealkylation sites (tertiary alicyclic amines) is 1. The number of rotatable bonds is 3. The lowest BCUT2D eigenvalue weighted by molar-refractivity contribution is -0.141. The summed E-state index contributed by atoms with van der Waals surface area (Å²) in [6.45, 7) is 1.55. The Kier molecular flexibility index (Phi) is 5.71. The van der Waals surface area contributed by atoms with Crippen LogP contribution in [-0.4, -0.2) is 36.3 Å². The molecule has 4 nitrogen and oxygen atoms in total. The Bertz CT molecular complexity index is 1060. The maximum atomic E-state index is 14.8. The van der Waals surface area contributed by atoms with Crippen LogP contribution in [0.25, 0.3) is 0 Å². The van der Waals surface area contributed by atoms with Gasteiger partial charge in [-0.05, 0) is 54.9 Å². The molecule has 1 aliphatic carbocycles. The minimum atomic E-state index is -0.790. The number of hydrogen-bond donors (Lipinski definition) is 1. The fourth-order valence-electron chi connectivity index (χ4n) is 6.54. The van der Waals surface area contributed by atoms with E-state index in [0.717, 1.165) is 18.4 Å². The van der Waals surface area contributed by atoms with Crippen molar-refractivity contribution in [2.75, 3.05) is 19.6 Å². The Hall–Kier alpha value is -2.76. The first-order valence-corrected chi connectivity index (χ1v) is 12.0. The highest BCUT2D eigenvalue weighted by molar-refractivity contribution is 5.89. The molecule has 0 aromatic heterocycles. The normalized spacial score (nSPS) is 24.0. The monoisotopic (exact) mass is 452 g/mol. The third-order valence-corrected chi connectivity index (χ3v) is 8.31. The molecule has 6 heteroatoms. The summed E-state index contributed by atoms with van der Waals surface area (Å²) >= 11 is 0. The van der Waals surface area contributed by atoms with E-state index < -0.39 is 5.41 Å². The van der Waals surface area contributed by atoms with Crippen LogP contribution in [0.2, 0.25) is 0 Å². The molecule has 3 fully saturated rings. The molecule has 2 aromatic carbocycles. The zero-order valence-corrected chi connectivity index (χ0v) is 18.8. The summed E-state index contributed by atoms with van der Waals surface area (Å²) in [4.78, 5) is 28.1. The third kappa shape index (κ3) is 3.83. The van der Waals surface area contributed by atoms with Gasteiger partial charge in [-0.25, -0.2) is 8.78 Å². The highest BCUT2D eigenvalue weighted by Gasteiger charge is 2.51. The van der Waals surface area contributed by atoms with E-state index in [-0.39, 0.29) is 34.8 Å². The molecule has 0 radical (unpaired) electrons. The van der Waals surface area contributed by atoms with E-state index in [2.05, 4.69) is 5.32 Å². The summed E-state index contributed by atoms with van der Waals surface area (Å²) in [5.74, 6) is -0.546. The number of piperidine rings is 2. The van der Waals surface area contributed by atoms with Crippen LogP contribution in [-0.2, 0) is 15.0 Å². The predicted molar refractivity (Wildman–Crippen MR) is 122 cm³/mol. The largest absolute Gasteiger partial charge is 0.355 e. The number of amides is 2. The Morgan fingerprint density at radius 2 is 1.70 bits per heavy atom. The first kappa shape index (κ1) is 22.1. The standard InChI is InChI=1S/C27H30F2N2O2/c28-20-7-5-6-19(16-20)22-18-30-24(32)17-26(22)12-14-31(15-13-26)25(33)27(10-3-4-11-27)21-8-1-2-9-23(21)29/h1-2,5-9,16,22H,3-4,10-15,17-18H2,(H,30,32). The van der Waals surface area contributed by atoms with E-state index in [1.54, 1.807) is 30.3 Å². The van der Waals surface area contributed by atoms with Gasteiger partial charge in [0.05, 0.1) is 5.41 Å². The van der Waals surface area contributed by atoms with Gasteiger partial charge in [-0.1, -0.05) is 43.2 Å². The molecular formula is C27H30F2N2O2. The number of halogens is 2. The number of hydrogen-bond acceptors (Lipinski definition) is 2. The average molecular weight is 453 g/mol. The number of nitrogens with zero attached hydrogens (tertiary/aromatic N) is 1. The summed E-state index contributed by atoms with van der Waals surface area (Å²) in [6, 6.07) is 13.3. The van der Waals surface area contributed by atoms with Gasteiger partial charge in [0.1, 0.15) is 11.6 Å². The average Bonchev–Trinajstić information content (AvgIpc) is 3.30. The molecule has 2 heterocycles. The molecule has 1 saturated carbocycles. The Balaban J connectivity index is 1.39. The Morgan fingerprint density at radius 3 is 2.39 bits per heavy atom. The van der Waals surface area contributed by atoms with Crippen LogP contribution in [0.15, 0.2) is 48.5 Å². The molecule has 2 aliphatic heterocycles. The van der Waals surface area contributed by atoms with E-state index in [9.17, 15) is 18.4 Å². The minimum absolute atomic E-state index is 0.00941. The minimum Gasteiger partial charge on any atom is -0.355 e. The number of carbonyl (C=O) groups excluding carboxylic acids is 2. The molecule has 1 unspecified atom stereocenters. The summed E-state index contributed by atoms with van der Waals surface area (Å²) in [5.41, 5.74) is 0.325. The van der Waals surface area contributed by atoms with Crippen molar-refractivity contribution < 1.29 is 18.4 Å². The van der Waals surface area contributed by atoms with Crippen LogP contribution in [0, 0.1) is 17.0 Å². The second-order valence-electron chi connectivity index (χ2n) is 10.0. The van der Waals surface area contributed by atoms with E-state index in [1.807, 2.05) is 11.0 Å². The van der Waals surface area contributed by atoms with Crippen molar-refractivity contribution in [1.82, 2.24) is 10.2 Å². The van der Waals surface area contributed by atoms with Crippen molar-refractivity contribution in [3.63, 3.8) is 0 Å². The first-order valence-electron chi connectivity index (χ1n) is 12.0. The van der Waals surface area contributed by atoms with Gasteiger partial charge in [-0.15, -0.1) is 0 Å². The molecule has 174 valence electrons. The lowest BCUT2D eigenvalue weighted by atomic mass is 9.62. The number of benzene rings is 2. The van der Waals surface area contributed by atoms with Gasteiger partial charge in [0.2, 0.25) is 11.8 Å². The topological polar surface area (TPSA) is 49.4 Å². The van der Waals surface area contributed by atoms with Gasteiger partial charge in [0.15, 0.2) is 0 Å². The quantitative estimate of drug-likeness (QED) is 0.735. The molecule has 3 aliphatic rings. The van der Waals surface area contributed by atoms with Gasteiger partial charge in [0, 0.05) is 37.5 Å². The number of nitrogens with one attached hydrogen (secondary N) is 1. The molecular weight excluding hydrogens is 422 g/mol. The van der Waals surface area contributed by atoms with Crippen molar-refractivity contribution >= 4 is 11.8 Å². The van der Waals surface area contributed by atoms with Gasteiger partial charge >= 0.3 is 0 Å². The van der Waals surface area contributed by atoms with Crippen LogP contribution in [0.4, 0.5) is 8.78 Å². The van der Waals surface area contributed by atoms with Crippen LogP contribution in [0.1, 0.15) is 62.0 Å². The maximum Gasteiger partial charge on any atom is 0.233 e. The zero-order valence-electron chi connectivity index (χ0n) is 18.8. The SMILES string of the molecule is O=C1CC2(CCN(C(=O)C3(c4ccccc4F)CCCC3)CC2)C(c2cccc(F)c2)CN1. The van der Waals surface area contributed by atoms with Gasteiger partial charge in [-0.2, -0.15) is 0 Å². The molecule has 1 spiro atoms. The molecule has 2 aromatic rings. The molecule has 2 saturated heterocycles. The summed E-state index contributed by atoms with van der Waals surface area (Å²) in [7, 11) is 0. The lowest BCUT2D eigenvalue weighted by Crippen LogP contribution is -2.55. The van der Waals surface area contributed by atoms with E-state index in [0.29, 0.717) is 57.3 Å². The molecule has 5 rings (SSSR count). The van der Waals surface area contributed by atoms with Gasteiger partial charge < -0.3 is 10.2 Å².